The van der Waals surface area contributed by atoms with Crippen molar-refractivity contribution in [2.45, 2.75) is 19.8 Å². The van der Waals surface area contributed by atoms with Gasteiger partial charge in [0, 0.05) is 33.5 Å². The zero-order valence-corrected chi connectivity index (χ0v) is 32.0. The smallest absolute Gasteiger partial charge is 0.0541 e. The molecule has 2 heteroatoms. The molecule has 2 nitrogen and oxygen atoms in total. The van der Waals surface area contributed by atoms with Crippen molar-refractivity contribution in [2.24, 2.45) is 0 Å². The molecule has 0 aliphatic heterocycles. The molecule has 9 aromatic rings. The van der Waals surface area contributed by atoms with Gasteiger partial charge in [0.2, 0.25) is 0 Å². The first-order valence-electron chi connectivity index (χ1n) is 19.9. The van der Waals surface area contributed by atoms with Crippen molar-refractivity contribution in [3.05, 3.63) is 223 Å². The van der Waals surface area contributed by atoms with Crippen LogP contribution in [0.3, 0.4) is 0 Å². The number of rotatable bonds is 8. The number of hydrogen-bond acceptors (Lipinski definition) is 1. The molecule has 0 bridgehead atoms. The lowest BCUT2D eigenvalue weighted by Crippen LogP contribution is -2.10. The summed E-state index contributed by atoms with van der Waals surface area (Å²) in [6, 6.07) is 70.8. The third kappa shape index (κ3) is 6.66. The highest BCUT2D eigenvalue weighted by atomic mass is 15.1. The van der Waals surface area contributed by atoms with Gasteiger partial charge in [0.15, 0.2) is 0 Å². The van der Waals surface area contributed by atoms with Gasteiger partial charge in [-0.1, -0.05) is 146 Å². The van der Waals surface area contributed by atoms with E-state index in [0.29, 0.717) is 0 Å². The van der Waals surface area contributed by atoms with Crippen LogP contribution in [-0.4, -0.2) is 4.57 Å². The number of aryl methyl sites for hydroxylation is 1. The molecule has 0 fully saturated rings. The Morgan fingerprint density at radius 3 is 1.58 bits per heavy atom. The average Bonchev–Trinajstić information content (AvgIpc) is 3.61. The standard InChI is InChI=1S/C55H42N2/c1-39-11-10-16-51(37-39)56(49-32-27-44(28-33-49)40-12-4-2-5-13-40)50-34-29-45(30-35-50)43-21-19-41(20-22-43)42-23-25-46(26-24-42)47-31-36-55-53(38-47)52-17-8-9-18-54(52)57(55)48-14-6-3-7-15-48/h2-4,6-12,14-38H,5,13H2,1H3. The van der Waals surface area contributed by atoms with Gasteiger partial charge in [-0.2, -0.15) is 0 Å². The lowest BCUT2D eigenvalue weighted by molar-refractivity contribution is 1.05. The summed E-state index contributed by atoms with van der Waals surface area (Å²) in [6.45, 7) is 2.15. The minimum Gasteiger partial charge on any atom is -0.310 e. The van der Waals surface area contributed by atoms with Gasteiger partial charge in [0.1, 0.15) is 0 Å². The quantitative estimate of drug-likeness (QED) is 0.151. The maximum absolute atomic E-state index is 2.36. The number of aromatic nitrogens is 1. The molecule has 0 N–H and O–H groups in total. The maximum Gasteiger partial charge on any atom is 0.0541 e. The van der Waals surface area contributed by atoms with E-state index in [2.05, 4.69) is 229 Å². The van der Waals surface area contributed by atoms with E-state index in [0.717, 1.165) is 29.9 Å². The van der Waals surface area contributed by atoms with E-state index in [-0.39, 0.29) is 0 Å². The third-order valence-corrected chi connectivity index (χ3v) is 11.4. The first-order chi connectivity index (χ1) is 28.2. The van der Waals surface area contributed by atoms with Crippen molar-refractivity contribution in [2.75, 3.05) is 4.90 Å². The van der Waals surface area contributed by atoms with Crippen LogP contribution in [0.15, 0.2) is 212 Å². The van der Waals surface area contributed by atoms with Crippen molar-refractivity contribution in [1.82, 2.24) is 4.57 Å². The molecule has 0 unspecified atom stereocenters. The van der Waals surface area contributed by atoms with Crippen molar-refractivity contribution in [3.8, 4) is 39.1 Å². The fourth-order valence-electron chi connectivity index (χ4n) is 8.40. The van der Waals surface area contributed by atoms with E-state index >= 15 is 0 Å². The largest absolute Gasteiger partial charge is 0.310 e. The Morgan fingerprint density at radius 1 is 0.421 bits per heavy atom. The first kappa shape index (κ1) is 34.3. The number of anilines is 3. The summed E-state index contributed by atoms with van der Waals surface area (Å²) in [5, 5.41) is 2.53. The molecule has 0 saturated carbocycles. The number of allylic oxidation sites excluding steroid dienone is 4. The second-order valence-corrected chi connectivity index (χ2v) is 15.0. The molecule has 0 atom stereocenters. The van der Waals surface area contributed by atoms with Gasteiger partial charge >= 0.3 is 0 Å². The predicted octanol–water partition coefficient (Wildman–Crippen LogP) is 15.3. The van der Waals surface area contributed by atoms with Gasteiger partial charge in [-0.05, 0) is 137 Å². The van der Waals surface area contributed by atoms with E-state index in [9.17, 15) is 0 Å². The van der Waals surface area contributed by atoms with Gasteiger partial charge in [0.25, 0.3) is 0 Å². The fraction of sp³-hybridized carbons (Fsp3) is 0.0545. The zero-order chi connectivity index (χ0) is 38.1. The zero-order valence-electron chi connectivity index (χ0n) is 32.0. The molecule has 0 radical (unpaired) electrons. The number of hydrogen-bond donors (Lipinski definition) is 0. The number of benzene rings is 8. The van der Waals surface area contributed by atoms with E-state index in [4.69, 9.17) is 0 Å². The summed E-state index contributed by atoms with van der Waals surface area (Å²) in [5.41, 5.74) is 18.2. The van der Waals surface area contributed by atoms with Crippen LogP contribution in [0, 0.1) is 6.92 Å². The van der Waals surface area contributed by atoms with Gasteiger partial charge in [-0.15, -0.1) is 0 Å². The first-order valence-corrected chi connectivity index (χ1v) is 19.9. The molecule has 1 aliphatic carbocycles. The molecular weight excluding hydrogens is 689 g/mol. The van der Waals surface area contributed by atoms with Crippen LogP contribution in [0.25, 0.3) is 66.4 Å². The Morgan fingerprint density at radius 2 is 0.965 bits per heavy atom. The summed E-state index contributed by atoms with van der Waals surface area (Å²) in [4.78, 5) is 2.35. The van der Waals surface area contributed by atoms with Gasteiger partial charge in [-0.25, -0.2) is 0 Å². The maximum atomic E-state index is 2.36. The minimum absolute atomic E-state index is 1.09. The molecule has 0 amide bonds. The second-order valence-electron chi connectivity index (χ2n) is 15.0. The summed E-state index contributed by atoms with van der Waals surface area (Å²) in [6.07, 6.45) is 8.85. The number of nitrogens with zero attached hydrogens (tertiary/aromatic N) is 2. The van der Waals surface area contributed by atoms with Crippen LogP contribution in [0.4, 0.5) is 17.1 Å². The lowest BCUT2D eigenvalue weighted by atomic mass is 9.97. The highest BCUT2D eigenvalue weighted by Crippen LogP contribution is 2.38. The van der Waals surface area contributed by atoms with E-state index in [1.165, 1.54) is 77.6 Å². The van der Waals surface area contributed by atoms with Crippen molar-refractivity contribution in [1.29, 1.82) is 0 Å². The molecule has 0 saturated heterocycles. The molecule has 10 rings (SSSR count). The predicted molar refractivity (Wildman–Crippen MR) is 243 cm³/mol. The normalized spacial score (nSPS) is 12.5. The summed E-state index contributed by atoms with van der Waals surface area (Å²) >= 11 is 0. The number of para-hydroxylation sites is 2. The SMILES string of the molecule is Cc1cccc(N(c2ccc(C3=CC=CCC3)cc2)c2ccc(-c3ccc(-c4ccc(-c5ccc6c(c5)c5ccccc5n6-c5ccccc5)cc4)cc3)cc2)c1. The van der Waals surface area contributed by atoms with Crippen LogP contribution < -0.4 is 4.90 Å². The molecule has 1 aromatic heterocycles. The van der Waals surface area contributed by atoms with Crippen LogP contribution in [-0.2, 0) is 0 Å². The Labute approximate surface area is 334 Å². The molecule has 272 valence electrons. The summed E-state index contributed by atoms with van der Waals surface area (Å²) < 4.78 is 2.36. The minimum atomic E-state index is 1.09. The third-order valence-electron chi connectivity index (χ3n) is 11.4. The van der Waals surface area contributed by atoms with Crippen molar-refractivity contribution < 1.29 is 0 Å². The lowest BCUT2D eigenvalue weighted by Gasteiger charge is -2.26. The second kappa shape index (κ2) is 14.8. The van der Waals surface area contributed by atoms with Crippen LogP contribution in [0.2, 0.25) is 0 Å². The van der Waals surface area contributed by atoms with Crippen molar-refractivity contribution in [3.63, 3.8) is 0 Å². The Bertz CT molecular complexity index is 2910. The number of fused-ring (bicyclic) bond motifs is 3. The van der Waals surface area contributed by atoms with Gasteiger partial charge in [0.05, 0.1) is 11.0 Å². The van der Waals surface area contributed by atoms with Crippen LogP contribution in [0.1, 0.15) is 24.0 Å². The van der Waals surface area contributed by atoms with Crippen molar-refractivity contribution >= 4 is 44.4 Å². The summed E-state index contributed by atoms with van der Waals surface area (Å²) in [5.74, 6) is 0. The van der Waals surface area contributed by atoms with Gasteiger partial charge < -0.3 is 9.47 Å². The molecular formula is C55H42N2. The topological polar surface area (TPSA) is 8.17 Å². The average molecular weight is 731 g/mol. The molecule has 1 heterocycles. The molecule has 1 aliphatic rings. The Hall–Kier alpha value is -7.16. The molecule has 8 aromatic carbocycles. The molecule has 57 heavy (non-hydrogen) atoms. The monoisotopic (exact) mass is 730 g/mol. The highest BCUT2D eigenvalue weighted by Gasteiger charge is 2.15. The van der Waals surface area contributed by atoms with Crippen LogP contribution in [0.5, 0.6) is 0 Å². The highest BCUT2D eigenvalue weighted by molar-refractivity contribution is 6.10. The van der Waals surface area contributed by atoms with Gasteiger partial charge in [-0.3, -0.25) is 0 Å². The molecule has 0 spiro atoms. The fourth-order valence-corrected chi connectivity index (χ4v) is 8.40. The van der Waals surface area contributed by atoms with Crippen LogP contribution >= 0.6 is 0 Å². The Balaban J connectivity index is 0.895. The van der Waals surface area contributed by atoms with E-state index < -0.39 is 0 Å². The summed E-state index contributed by atoms with van der Waals surface area (Å²) in [7, 11) is 0. The van der Waals surface area contributed by atoms with E-state index in [1.807, 2.05) is 0 Å². The Kier molecular flexibility index (Phi) is 8.93. The van der Waals surface area contributed by atoms with E-state index in [1.54, 1.807) is 0 Å².